The number of nitro groups is 1. The molecule has 13 heteroatoms. The van der Waals surface area contributed by atoms with Crippen molar-refractivity contribution in [1.29, 1.82) is 0 Å². The van der Waals surface area contributed by atoms with Crippen LogP contribution in [0.3, 0.4) is 0 Å². The maximum Gasteiger partial charge on any atom is 0.293 e. The van der Waals surface area contributed by atoms with Crippen LogP contribution in [0.5, 0.6) is 5.75 Å². The predicted octanol–water partition coefficient (Wildman–Crippen LogP) is 4.15. The number of halogens is 1. The molecule has 194 valence electrons. The smallest absolute Gasteiger partial charge is 0.293 e. The molecule has 0 unspecified atom stereocenters. The van der Waals surface area contributed by atoms with Gasteiger partial charge in [-0.2, -0.15) is 5.10 Å². The minimum atomic E-state index is -4.34. The fourth-order valence-corrected chi connectivity index (χ4v) is 5.20. The van der Waals surface area contributed by atoms with Gasteiger partial charge in [0.2, 0.25) is 0 Å². The Balaban J connectivity index is 1.60. The molecule has 0 aliphatic rings. The fraction of sp³-hybridized carbons (Fsp3) is 0.0800. The third-order valence-electron chi connectivity index (χ3n) is 5.36. The zero-order valence-electron chi connectivity index (χ0n) is 19.8. The summed E-state index contributed by atoms with van der Waals surface area (Å²) < 4.78 is 32.7. The highest BCUT2D eigenvalue weighted by molar-refractivity contribution is 7.92. The normalized spacial score (nSPS) is 11.4. The molecule has 0 fully saturated rings. The lowest BCUT2D eigenvalue weighted by molar-refractivity contribution is -0.384. The van der Waals surface area contributed by atoms with Crippen LogP contribution in [-0.4, -0.2) is 44.1 Å². The van der Waals surface area contributed by atoms with Crippen LogP contribution in [-0.2, 0) is 14.8 Å². The first-order chi connectivity index (χ1) is 18.2. The van der Waals surface area contributed by atoms with E-state index >= 15 is 0 Å². The van der Waals surface area contributed by atoms with Gasteiger partial charge in [-0.1, -0.05) is 41.9 Å². The average molecular weight is 554 g/mol. The van der Waals surface area contributed by atoms with E-state index < -0.39 is 33.1 Å². The fourth-order valence-electron chi connectivity index (χ4n) is 3.55. The Kier molecular flexibility index (Phi) is 7.84. The Morgan fingerprint density at radius 2 is 1.84 bits per heavy atom. The molecule has 0 radical (unpaired) electrons. The van der Waals surface area contributed by atoms with E-state index in [1.54, 1.807) is 30.3 Å². The summed E-state index contributed by atoms with van der Waals surface area (Å²) in [6, 6.07) is 19.5. The molecule has 0 saturated heterocycles. The lowest BCUT2D eigenvalue weighted by Gasteiger charge is -2.23. The number of pyridine rings is 1. The number of sulfonamides is 1. The highest BCUT2D eigenvalue weighted by Gasteiger charge is 2.31. The van der Waals surface area contributed by atoms with Crippen molar-refractivity contribution < 1.29 is 22.9 Å². The van der Waals surface area contributed by atoms with E-state index in [0.717, 1.165) is 11.5 Å². The number of carbonyl (C=O) groups is 1. The molecule has 0 spiro atoms. The van der Waals surface area contributed by atoms with E-state index in [1.165, 1.54) is 55.8 Å². The summed E-state index contributed by atoms with van der Waals surface area (Å²) >= 11 is 6.25. The molecular formula is C25H20ClN5O6S. The summed E-state index contributed by atoms with van der Waals surface area (Å²) in [7, 11) is -2.81. The van der Waals surface area contributed by atoms with Crippen molar-refractivity contribution in [3.8, 4) is 5.75 Å². The maximum absolute atomic E-state index is 13.4. The van der Waals surface area contributed by atoms with E-state index in [-0.39, 0.29) is 15.7 Å². The first-order valence-electron chi connectivity index (χ1n) is 11.0. The Labute approximate surface area is 222 Å². The molecule has 0 atom stereocenters. The highest BCUT2D eigenvalue weighted by Crippen LogP contribution is 2.32. The predicted molar refractivity (Wildman–Crippen MR) is 143 cm³/mol. The molecule has 0 aliphatic heterocycles. The number of carbonyl (C=O) groups excluding carboxylic acids is 1. The van der Waals surface area contributed by atoms with Gasteiger partial charge in [-0.15, -0.1) is 0 Å². The van der Waals surface area contributed by atoms with Gasteiger partial charge < -0.3 is 4.74 Å². The summed E-state index contributed by atoms with van der Waals surface area (Å²) in [6.45, 7) is -0.775. The van der Waals surface area contributed by atoms with Gasteiger partial charge in [-0.25, -0.2) is 23.1 Å². The SMILES string of the molecule is COc1ccc2cc(C=NNC(=O)CN(c3ccccc3[N+](=O)[O-])S(=O)(=O)c3ccccc3)c(Cl)nc2c1. The van der Waals surface area contributed by atoms with E-state index in [0.29, 0.717) is 21.1 Å². The van der Waals surface area contributed by atoms with E-state index in [1.807, 2.05) is 0 Å². The number of hydrazone groups is 1. The molecule has 1 heterocycles. The molecule has 4 aromatic rings. The van der Waals surface area contributed by atoms with Crippen molar-refractivity contribution in [3.05, 3.63) is 99.7 Å². The van der Waals surface area contributed by atoms with Crippen LogP contribution in [0.15, 0.2) is 88.9 Å². The van der Waals surface area contributed by atoms with E-state index in [2.05, 4.69) is 15.5 Å². The zero-order chi connectivity index (χ0) is 27.3. The van der Waals surface area contributed by atoms with Crippen molar-refractivity contribution >= 4 is 56.0 Å². The monoisotopic (exact) mass is 553 g/mol. The Hall–Kier alpha value is -4.55. The number of nitrogens with zero attached hydrogens (tertiary/aromatic N) is 4. The van der Waals surface area contributed by atoms with Gasteiger partial charge in [0.05, 0.1) is 28.7 Å². The number of ether oxygens (including phenoxy) is 1. The van der Waals surface area contributed by atoms with Crippen LogP contribution in [0, 0.1) is 10.1 Å². The number of methoxy groups -OCH3 is 1. The number of aromatic nitrogens is 1. The number of hydrogen-bond acceptors (Lipinski definition) is 8. The second-order valence-electron chi connectivity index (χ2n) is 7.79. The summed E-state index contributed by atoms with van der Waals surface area (Å²) in [5, 5.41) is 16.3. The number of rotatable bonds is 9. The summed E-state index contributed by atoms with van der Waals surface area (Å²) in [5.74, 6) is -0.225. The lowest BCUT2D eigenvalue weighted by Crippen LogP contribution is -2.39. The number of amides is 1. The zero-order valence-corrected chi connectivity index (χ0v) is 21.4. The van der Waals surface area contributed by atoms with Crippen LogP contribution in [0.4, 0.5) is 11.4 Å². The minimum Gasteiger partial charge on any atom is -0.497 e. The third-order valence-corrected chi connectivity index (χ3v) is 7.44. The quantitative estimate of drug-likeness (QED) is 0.142. The van der Waals surface area contributed by atoms with Crippen molar-refractivity contribution in [3.63, 3.8) is 0 Å². The van der Waals surface area contributed by atoms with Gasteiger partial charge in [0, 0.05) is 23.1 Å². The molecule has 11 nitrogen and oxygen atoms in total. The first-order valence-corrected chi connectivity index (χ1v) is 12.8. The summed E-state index contributed by atoms with van der Waals surface area (Å²) in [4.78, 5) is 27.8. The van der Waals surface area contributed by atoms with E-state index in [4.69, 9.17) is 16.3 Å². The minimum absolute atomic E-state index is 0.122. The van der Waals surface area contributed by atoms with Gasteiger partial charge >= 0.3 is 0 Å². The Morgan fingerprint density at radius 1 is 1.13 bits per heavy atom. The molecule has 38 heavy (non-hydrogen) atoms. The second kappa shape index (κ2) is 11.2. The Bertz CT molecular complexity index is 1650. The van der Waals surface area contributed by atoms with Gasteiger partial charge in [0.1, 0.15) is 23.1 Å². The number of nitro benzene ring substituents is 1. The molecule has 0 saturated carbocycles. The van der Waals surface area contributed by atoms with Gasteiger partial charge in [0.25, 0.3) is 21.6 Å². The summed E-state index contributed by atoms with van der Waals surface area (Å²) in [5.41, 5.74) is 2.50. The van der Waals surface area contributed by atoms with Crippen LogP contribution in [0.25, 0.3) is 10.9 Å². The number of para-hydroxylation sites is 2. The van der Waals surface area contributed by atoms with Gasteiger partial charge in [0.15, 0.2) is 0 Å². The van der Waals surface area contributed by atoms with Crippen molar-refractivity contribution in [2.45, 2.75) is 4.90 Å². The van der Waals surface area contributed by atoms with Gasteiger partial charge in [-0.05, 0) is 36.4 Å². The molecule has 1 N–H and O–H groups in total. The largest absolute Gasteiger partial charge is 0.497 e. The molecule has 3 aromatic carbocycles. The number of benzene rings is 3. The van der Waals surface area contributed by atoms with Crippen LogP contribution < -0.4 is 14.5 Å². The third kappa shape index (κ3) is 5.71. The number of hydrogen-bond donors (Lipinski definition) is 1. The number of nitrogens with one attached hydrogen (secondary N) is 1. The highest BCUT2D eigenvalue weighted by atomic mass is 35.5. The van der Waals surface area contributed by atoms with Crippen molar-refractivity contribution in [1.82, 2.24) is 10.4 Å². The van der Waals surface area contributed by atoms with Crippen molar-refractivity contribution in [2.75, 3.05) is 18.0 Å². The summed E-state index contributed by atoms with van der Waals surface area (Å²) in [6.07, 6.45) is 1.26. The van der Waals surface area contributed by atoms with E-state index in [9.17, 15) is 23.3 Å². The Morgan fingerprint density at radius 3 is 2.55 bits per heavy atom. The topological polar surface area (TPSA) is 144 Å². The molecule has 0 bridgehead atoms. The molecular weight excluding hydrogens is 534 g/mol. The number of fused-ring (bicyclic) bond motifs is 1. The lowest BCUT2D eigenvalue weighted by atomic mass is 10.1. The number of anilines is 1. The molecule has 1 aromatic heterocycles. The molecule has 4 rings (SSSR count). The maximum atomic E-state index is 13.4. The molecule has 0 aliphatic carbocycles. The van der Waals surface area contributed by atoms with Gasteiger partial charge in [-0.3, -0.25) is 14.9 Å². The first kappa shape index (κ1) is 26.5. The van der Waals surface area contributed by atoms with Crippen LogP contribution in [0.1, 0.15) is 5.56 Å². The second-order valence-corrected chi connectivity index (χ2v) is 10.0. The van der Waals surface area contributed by atoms with Crippen molar-refractivity contribution in [2.24, 2.45) is 5.10 Å². The molecule has 1 amide bonds. The van der Waals surface area contributed by atoms with Crippen LogP contribution in [0.2, 0.25) is 5.15 Å². The van der Waals surface area contributed by atoms with Crippen LogP contribution >= 0.6 is 11.6 Å². The average Bonchev–Trinajstić information content (AvgIpc) is 2.92. The standard InChI is InChI=1S/C25H20ClN5O6S/c1-37-19-12-11-17-13-18(25(26)28-21(17)14-19)15-27-29-24(32)16-30(22-9-5-6-10-23(22)31(33)34)38(35,36)20-7-3-2-4-8-20/h2-15H,16H2,1H3,(H,29,32).